The lowest BCUT2D eigenvalue weighted by molar-refractivity contribution is -0.277. The summed E-state index contributed by atoms with van der Waals surface area (Å²) in [6.07, 6.45) is -1.65. The Morgan fingerprint density at radius 3 is 2.20 bits per heavy atom. The smallest absolute Gasteiger partial charge is 0.239 e. The van der Waals surface area contributed by atoms with Crippen LogP contribution in [0.25, 0.3) is 22.3 Å². The van der Waals surface area contributed by atoms with Gasteiger partial charge in [-0.2, -0.15) is 0 Å². The van der Waals surface area contributed by atoms with Crippen LogP contribution in [0.1, 0.15) is 63.9 Å². The summed E-state index contributed by atoms with van der Waals surface area (Å²) in [6.45, 7) is 1.36. The fourth-order valence-corrected chi connectivity index (χ4v) is 5.39. The van der Waals surface area contributed by atoms with Gasteiger partial charge in [0, 0.05) is 30.5 Å². The van der Waals surface area contributed by atoms with Gasteiger partial charge in [-0.1, -0.05) is 45.4 Å². The maximum Gasteiger partial charge on any atom is 0.239 e. The van der Waals surface area contributed by atoms with Gasteiger partial charge in [-0.05, 0) is 24.1 Å². The minimum absolute atomic E-state index is 0.0698. The molecule has 4 rings (SSSR count). The Bertz CT molecular complexity index is 1550. The van der Waals surface area contributed by atoms with E-state index in [-0.39, 0.29) is 35.3 Å². The fourth-order valence-electron chi connectivity index (χ4n) is 5.39. The van der Waals surface area contributed by atoms with Gasteiger partial charge >= 0.3 is 0 Å². The van der Waals surface area contributed by atoms with E-state index in [0.29, 0.717) is 6.42 Å². The van der Waals surface area contributed by atoms with Crippen molar-refractivity contribution < 1.29 is 59.5 Å². The van der Waals surface area contributed by atoms with E-state index in [1.165, 1.54) is 0 Å². The number of carbonyl (C=O) groups is 1. The molecule has 0 spiro atoms. The number of benzene rings is 2. The molecule has 0 unspecified atom stereocenters. The molecule has 0 radical (unpaired) electrons. The van der Waals surface area contributed by atoms with Crippen LogP contribution >= 0.6 is 0 Å². The summed E-state index contributed by atoms with van der Waals surface area (Å²) in [5.41, 5.74) is -1.25. The highest BCUT2D eigenvalue weighted by molar-refractivity contribution is 5.90. The number of phenols is 4. The molecular formula is C32H40O13. The molecule has 1 fully saturated rings. The van der Waals surface area contributed by atoms with Gasteiger partial charge in [-0.25, -0.2) is 0 Å². The van der Waals surface area contributed by atoms with E-state index in [0.717, 1.165) is 62.8 Å². The minimum Gasteiger partial charge on any atom is -0.508 e. The van der Waals surface area contributed by atoms with Gasteiger partial charge in [0.2, 0.25) is 17.5 Å². The Labute approximate surface area is 258 Å². The minimum atomic E-state index is -1.92. The van der Waals surface area contributed by atoms with Gasteiger partial charge < -0.3 is 54.7 Å². The van der Waals surface area contributed by atoms with E-state index in [2.05, 4.69) is 6.92 Å². The standard InChI is InChI=1S/C32H40O13/c1-2-3-4-5-6-7-8-9-17(34)10-16-11-20(36)21(37)14-19(16)30-31(27(40)25-22(38)12-18(35)13-23(25)43-30)45-32-29(42)28(41)26(39)24(15-33)44-32/h11-14,24,26,28-29,32-33,35-39,41-42H,2-10,15H2,1H3/t24-,26+,28+,29-,32+/m0/s1. The summed E-state index contributed by atoms with van der Waals surface area (Å²) in [7, 11) is 0. The van der Waals surface area contributed by atoms with Crippen molar-refractivity contribution in [2.24, 2.45) is 0 Å². The van der Waals surface area contributed by atoms with Crippen molar-refractivity contribution in [3.8, 4) is 40.1 Å². The predicted molar refractivity (Wildman–Crippen MR) is 160 cm³/mol. The lowest BCUT2D eigenvalue weighted by Crippen LogP contribution is -2.60. The van der Waals surface area contributed by atoms with E-state index in [1.807, 2.05) is 0 Å². The Kier molecular flexibility index (Phi) is 11.3. The first kappa shape index (κ1) is 34.0. The van der Waals surface area contributed by atoms with Crippen molar-refractivity contribution in [2.75, 3.05) is 6.61 Å². The zero-order valence-corrected chi connectivity index (χ0v) is 24.9. The first-order valence-electron chi connectivity index (χ1n) is 15.0. The van der Waals surface area contributed by atoms with Crippen LogP contribution in [0.5, 0.6) is 28.7 Å². The zero-order valence-electron chi connectivity index (χ0n) is 24.9. The molecule has 1 aromatic heterocycles. The van der Waals surface area contributed by atoms with Crippen LogP contribution in [0, 0.1) is 0 Å². The number of carbonyl (C=O) groups excluding carboxylic acids is 1. The van der Waals surface area contributed by atoms with Crippen LogP contribution in [-0.2, 0) is 16.0 Å². The number of hydrogen-bond donors (Lipinski definition) is 8. The number of ketones is 1. The summed E-state index contributed by atoms with van der Waals surface area (Å²) in [5.74, 6) is -3.62. The second-order valence-corrected chi connectivity index (χ2v) is 11.3. The molecule has 1 aliphatic heterocycles. The molecule has 246 valence electrons. The van der Waals surface area contributed by atoms with Crippen LogP contribution < -0.4 is 10.2 Å². The highest BCUT2D eigenvalue weighted by atomic mass is 16.7. The molecule has 3 aromatic rings. The summed E-state index contributed by atoms with van der Waals surface area (Å²) in [4.78, 5) is 26.8. The molecule has 1 aliphatic rings. The van der Waals surface area contributed by atoms with Crippen LogP contribution in [-0.4, -0.2) is 83.9 Å². The summed E-state index contributed by atoms with van der Waals surface area (Å²) >= 11 is 0. The second kappa shape index (κ2) is 14.9. The van der Waals surface area contributed by atoms with Gasteiger partial charge in [0.15, 0.2) is 17.3 Å². The number of aliphatic hydroxyl groups excluding tert-OH is 4. The molecule has 0 saturated carbocycles. The van der Waals surface area contributed by atoms with Crippen molar-refractivity contribution in [1.82, 2.24) is 0 Å². The Morgan fingerprint density at radius 2 is 1.51 bits per heavy atom. The maximum absolute atomic E-state index is 13.8. The first-order chi connectivity index (χ1) is 21.5. The average molecular weight is 633 g/mol. The van der Waals surface area contributed by atoms with Gasteiger partial charge in [-0.3, -0.25) is 9.59 Å². The molecule has 1 saturated heterocycles. The molecule has 0 aliphatic carbocycles. The number of ether oxygens (including phenoxy) is 2. The number of aliphatic hydroxyl groups is 4. The second-order valence-electron chi connectivity index (χ2n) is 11.3. The summed E-state index contributed by atoms with van der Waals surface area (Å²) in [5, 5.41) is 81.4. The van der Waals surface area contributed by atoms with Crippen LogP contribution in [0.3, 0.4) is 0 Å². The third-order valence-corrected chi connectivity index (χ3v) is 7.89. The molecule has 13 nitrogen and oxygen atoms in total. The maximum atomic E-state index is 13.8. The largest absolute Gasteiger partial charge is 0.508 e. The van der Waals surface area contributed by atoms with Crippen molar-refractivity contribution in [1.29, 1.82) is 0 Å². The monoisotopic (exact) mass is 632 g/mol. The normalized spacial score (nSPS) is 21.7. The molecular weight excluding hydrogens is 592 g/mol. The van der Waals surface area contributed by atoms with Crippen molar-refractivity contribution in [2.45, 2.75) is 95.4 Å². The van der Waals surface area contributed by atoms with Gasteiger partial charge in [0.25, 0.3) is 0 Å². The van der Waals surface area contributed by atoms with E-state index in [9.17, 15) is 50.4 Å². The van der Waals surface area contributed by atoms with E-state index < -0.39 is 82.6 Å². The van der Waals surface area contributed by atoms with Crippen molar-refractivity contribution in [3.63, 3.8) is 0 Å². The van der Waals surface area contributed by atoms with Crippen LogP contribution in [0.4, 0.5) is 0 Å². The first-order valence-corrected chi connectivity index (χ1v) is 15.0. The fraction of sp³-hybridized carbons (Fsp3) is 0.500. The molecule has 2 heterocycles. The molecule has 0 bridgehead atoms. The van der Waals surface area contributed by atoms with Crippen LogP contribution in [0.2, 0.25) is 0 Å². The predicted octanol–water partition coefficient (Wildman–Crippen LogP) is 2.71. The number of Topliss-reactive ketones (excluding diaryl/α,β-unsaturated/α-hetero) is 1. The molecule has 2 aromatic carbocycles. The molecule has 5 atom stereocenters. The lowest BCUT2D eigenvalue weighted by Gasteiger charge is -2.39. The van der Waals surface area contributed by atoms with Crippen LogP contribution in [0.15, 0.2) is 33.5 Å². The summed E-state index contributed by atoms with van der Waals surface area (Å²) in [6, 6.07) is 4.10. The number of aromatic hydroxyl groups is 4. The molecule has 13 heteroatoms. The van der Waals surface area contributed by atoms with Gasteiger partial charge in [0.05, 0.1) is 6.61 Å². The zero-order chi connectivity index (χ0) is 32.8. The highest BCUT2D eigenvalue weighted by Gasteiger charge is 2.45. The Hall–Kier alpha value is -3.88. The Balaban J connectivity index is 1.75. The molecule has 45 heavy (non-hydrogen) atoms. The number of unbranched alkanes of at least 4 members (excludes halogenated alkanes) is 6. The van der Waals surface area contributed by atoms with E-state index in [1.54, 1.807) is 0 Å². The summed E-state index contributed by atoms with van der Waals surface area (Å²) < 4.78 is 17.0. The van der Waals surface area contributed by atoms with Crippen molar-refractivity contribution >= 4 is 16.8 Å². The quantitative estimate of drug-likeness (QED) is 0.0946. The third kappa shape index (κ3) is 7.68. The number of hydrogen-bond acceptors (Lipinski definition) is 13. The topological polar surface area (TPSA) is 228 Å². The molecule has 0 amide bonds. The van der Waals surface area contributed by atoms with Gasteiger partial charge in [0.1, 0.15) is 52.7 Å². The SMILES string of the molecule is CCCCCCCCCC(=O)Cc1cc(O)c(O)cc1-c1oc2cc(O)cc(O)c2c(=O)c1O[C@H]1O[C@@H](CO)[C@@H](O)[C@@H](O)[C@@H]1O. The van der Waals surface area contributed by atoms with E-state index >= 15 is 0 Å². The third-order valence-electron chi connectivity index (χ3n) is 7.89. The highest BCUT2D eigenvalue weighted by Crippen LogP contribution is 2.41. The van der Waals surface area contributed by atoms with E-state index in [4.69, 9.17) is 13.9 Å². The van der Waals surface area contributed by atoms with Gasteiger partial charge in [-0.15, -0.1) is 0 Å². The lowest BCUT2D eigenvalue weighted by atomic mass is 9.96. The number of phenolic OH excluding ortho intramolecular Hbond substituents is 4. The number of fused-ring (bicyclic) bond motifs is 1. The molecule has 8 N–H and O–H groups in total. The number of rotatable bonds is 14. The Morgan fingerprint density at radius 1 is 0.844 bits per heavy atom. The average Bonchev–Trinajstić information content (AvgIpc) is 2.99. The van der Waals surface area contributed by atoms with Crippen molar-refractivity contribution in [3.05, 3.63) is 40.1 Å².